The van der Waals surface area contributed by atoms with Crippen molar-refractivity contribution in [2.45, 2.75) is 19.6 Å². The summed E-state index contributed by atoms with van der Waals surface area (Å²) in [4.78, 5) is 13.5. The first-order valence-electron chi connectivity index (χ1n) is 6.19. The van der Waals surface area contributed by atoms with Gasteiger partial charge in [0.05, 0.1) is 12.4 Å². The molecule has 0 spiro atoms. The molecule has 100 valence electrons. The largest absolute Gasteiger partial charge is 0.395 e. The highest BCUT2D eigenvalue weighted by Crippen LogP contribution is 2.14. The number of aliphatic hydroxyl groups is 1. The Labute approximate surface area is 113 Å². The molecule has 0 saturated heterocycles. The number of hydrogen-bond donors (Lipinski definition) is 1. The lowest BCUT2D eigenvalue weighted by molar-refractivity contribution is -0.128. The van der Waals surface area contributed by atoms with Crippen LogP contribution in [-0.4, -0.2) is 41.4 Å². The van der Waals surface area contributed by atoms with E-state index in [0.29, 0.717) is 18.8 Å². The molecular weight excluding hydrogens is 246 g/mol. The van der Waals surface area contributed by atoms with Crippen LogP contribution in [0, 0.1) is 6.92 Å². The van der Waals surface area contributed by atoms with Gasteiger partial charge in [-0.25, -0.2) is 0 Å². The van der Waals surface area contributed by atoms with Crippen LogP contribution < -0.4 is 0 Å². The molecule has 4 heteroatoms. The lowest BCUT2D eigenvalue weighted by Gasteiger charge is -2.19. The molecule has 0 aliphatic heterocycles. The fourth-order valence-electron chi connectivity index (χ4n) is 1.73. The number of amides is 1. The van der Waals surface area contributed by atoms with Crippen LogP contribution in [0.5, 0.6) is 0 Å². The highest BCUT2D eigenvalue weighted by molar-refractivity contribution is 7.99. The molecular formula is C14H21NO2S. The SMILES string of the molecule is CCN(CCO)C(=O)CSCc1cccc(C)c1. The summed E-state index contributed by atoms with van der Waals surface area (Å²) in [6.45, 7) is 5.12. The van der Waals surface area contributed by atoms with Gasteiger partial charge in [0.15, 0.2) is 0 Å². The number of aliphatic hydroxyl groups excluding tert-OH is 1. The van der Waals surface area contributed by atoms with Gasteiger partial charge in [-0.3, -0.25) is 4.79 Å². The molecule has 0 fully saturated rings. The van der Waals surface area contributed by atoms with E-state index in [1.165, 1.54) is 11.1 Å². The maximum Gasteiger partial charge on any atom is 0.232 e. The van der Waals surface area contributed by atoms with Crippen molar-refractivity contribution in [2.24, 2.45) is 0 Å². The number of aryl methyl sites for hydroxylation is 1. The topological polar surface area (TPSA) is 40.5 Å². The number of likely N-dealkylation sites (N-methyl/N-ethyl adjacent to an activating group) is 1. The summed E-state index contributed by atoms with van der Waals surface area (Å²) in [6.07, 6.45) is 0. The molecule has 0 atom stereocenters. The van der Waals surface area contributed by atoms with Crippen molar-refractivity contribution in [3.8, 4) is 0 Å². The quantitative estimate of drug-likeness (QED) is 0.822. The molecule has 0 heterocycles. The van der Waals surface area contributed by atoms with Crippen molar-refractivity contribution in [1.29, 1.82) is 0 Å². The Morgan fingerprint density at radius 1 is 1.44 bits per heavy atom. The molecule has 0 unspecified atom stereocenters. The lowest BCUT2D eigenvalue weighted by atomic mass is 10.2. The average molecular weight is 267 g/mol. The molecule has 3 nitrogen and oxygen atoms in total. The standard InChI is InChI=1S/C14H21NO2S/c1-3-15(7-8-16)14(17)11-18-10-13-6-4-5-12(2)9-13/h4-6,9,16H,3,7-8,10-11H2,1-2H3. The fraction of sp³-hybridized carbons (Fsp3) is 0.500. The minimum Gasteiger partial charge on any atom is -0.395 e. The molecule has 1 rings (SSSR count). The maximum absolute atomic E-state index is 11.8. The summed E-state index contributed by atoms with van der Waals surface area (Å²) in [7, 11) is 0. The number of thioether (sulfide) groups is 1. The molecule has 1 aromatic rings. The summed E-state index contributed by atoms with van der Waals surface area (Å²) in [5.41, 5.74) is 2.49. The van der Waals surface area contributed by atoms with Crippen LogP contribution in [0.3, 0.4) is 0 Å². The Morgan fingerprint density at radius 2 is 2.22 bits per heavy atom. The number of carbonyl (C=O) groups excluding carboxylic acids is 1. The summed E-state index contributed by atoms with van der Waals surface area (Å²) in [5.74, 6) is 1.43. The average Bonchev–Trinajstić information content (AvgIpc) is 2.36. The van der Waals surface area contributed by atoms with E-state index in [1.807, 2.05) is 13.0 Å². The molecule has 1 N–H and O–H groups in total. The highest BCUT2D eigenvalue weighted by atomic mass is 32.2. The van der Waals surface area contributed by atoms with Crippen molar-refractivity contribution in [2.75, 3.05) is 25.4 Å². The molecule has 0 radical (unpaired) electrons. The van der Waals surface area contributed by atoms with Gasteiger partial charge in [0.25, 0.3) is 0 Å². The Balaban J connectivity index is 2.35. The zero-order valence-electron chi connectivity index (χ0n) is 11.1. The summed E-state index contributed by atoms with van der Waals surface area (Å²) >= 11 is 1.62. The lowest BCUT2D eigenvalue weighted by Crippen LogP contribution is -2.34. The first-order valence-corrected chi connectivity index (χ1v) is 7.34. The van der Waals surface area contributed by atoms with Crippen LogP contribution in [0.15, 0.2) is 24.3 Å². The van der Waals surface area contributed by atoms with E-state index in [0.717, 1.165) is 5.75 Å². The van der Waals surface area contributed by atoms with Crippen LogP contribution >= 0.6 is 11.8 Å². The van der Waals surface area contributed by atoms with Gasteiger partial charge >= 0.3 is 0 Å². The minimum absolute atomic E-state index is 0.0299. The molecule has 0 saturated carbocycles. The molecule has 0 aromatic heterocycles. The third kappa shape index (κ3) is 5.10. The van der Waals surface area contributed by atoms with E-state index >= 15 is 0 Å². The summed E-state index contributed by atoms with van der Waals surface area (Å²) in [5, 5.41) is 8.85. The molecule has 1 aromatic carbocycles. The summed E-state index contributed by atoms with van der Waals surface area (Å²) < 4.78 is 0. The number of hydrogen-bond acceptors (Lipinski definition) is 3. The van der Waals surface area contributed by atoms with Crippen LogP contribution in [0.4, 0.5) is 0 Å². The predicted octanol–water partition coefficient (Wildman–Crippen LogP) is 2.07. The van der Waals surface area contributed by atoms with Crippen LogP contribution in [0.25, 0.3) is 0 Å². The first kappa shape index (κ1) is 15.1. The Bertz CT molecular complexity index is 382. The van der Waals surface area contributed by atoms with Crippen molar-refractivity contribution >= 4 is 17.7 Å². The van der Waals surface area contributed by atoms with E-state index in [9.17, 15) is 4.79 Å². The number of nitrogens with zero attached hydrogens (tertiary/aromatic N) is 1. The second-order valence-corrected chi connectivity index (χ2v) is 5.16. The minimum atomic E-state index is 0.0299. The van der Waals surface area contributed by atoms with Crippen molar-refractivity contribution in [3.05, 3.63) is 35.4 Å². The van der Waals surface area contributed by atoms with Gasteiger partial charge in [-0.1, -0.05) is 29.8 Å². The predicted molar refractivity (Wildman–Crippen MR) is 76.7 cm³/mol. The van der Waals surface area contributed by atoms with Gasteiger partial charge in [0, 0.05) is 18.8 Å². The number of rotatable bonds is 7. The van der Waals surface area contributed by atoms with Gasteiger partial charge < -0.3 is 10.0 Å². The molecule has 0 aliphatic rings. The van der Waals surface area contributed by atoms with E-state index in [1.54, 1.807) is 16.7 Å². The van der Waals surface area contributed by atoms with E-state index in [2.05, 4.69) is 25.1 Å². The third-order valence-corrected chi connectivity index (χ3v) is 3.67. The normalized spacial score (nSPS) is 10.4. The molecule has 1 amide bonds. The molecule has 0 aliphatic carbocycles. The first-order chi connectivity index (χ1) is 8.67. The Morgan fingerprint density at radius 3 is 2.83 bits per heavy atom. The molecule has 0 bridgehead atoms. The van der Waals surface area contributed by atoms with Gasteiger partial charge in [-0.15, -0.1) is 11.8 Å². The second kappa shape index (κ2) is 8.16. The summed E-state index contributed by atoms with van der Waals surface area (Å²) in [6, 6.07) is 8.33. The Hall–Kier alpha value is -1.00. The fourth-order valence-corrected chi connectivity index (χ4v) is 2.60. The van der Waals surface area contributed by atoms with Crippen LogP contribution in [0.2, 0.25) is 0 Å². The van der Waals surface area contributed by atoms with Gasteiger partial charge in [-0.05, 0) is 19.4 Å². The van der Waals surface area contributed by atoms with Gasteiger partial charge in [0.2, 0.25) is 5.91 Å². The molecule has 18 heavy (non-hydrogen) atoms. The van der Waals surface area contributed by atoms with E-state index < -0.39 is 0 Å². The highest BCUT2D eigenvalue weighted by Gasteiger charge is 2.10. The maximum atomic E-state index is 11.8. The Kier molecular flexibility index (Phi) is 6.83. The van der Waals surface area contributed by atoms with Crippen LogP contribution in [0.1, 0.15) is 18.1 Å². The van der Waals surface area contributed by atoms with Crippen molar-refractivity contribution < 1.29 is 9.90 Å². The number of benzene rings is 1. The van der Waals surface area contributed by atoms with Gasteiger partial charge in [0.1, 0.15) is 0 Å². The zero-order chi connectivity index (χ0) is 13.4. The van der Waals surface area contributed by atoms with Crippen molar-refractivity contribution in [3.63, 3.8) is 0 Å². The second-order valence-electron chi connectivity index (χ2n) is 4.18. The van der Waals surface area contributed by atoms with E-state index in [-0.39, 0.29) is 12.5 Å². The monoisotopic (exact) mass is 267 g/mol. The number of carbonyl (C=O) groups is 1. The van der Waals surface area contributed by atoms with Gasteiger partial charge in [-0.2, -0.15) is 0 Å². The zero-order valence-corrected chi connectivity index (χ0v) is 11.9. The van der Waals surface area contributed by atoms with E-state index in [4.69, 9.17) is 5.11 Å². The smallest absolute Gasteiger partial charge is 0.232 e. The third-order valence-electron chi connectivity index (χ3n) is 2.68. The van der Waals surface area contributed by atoms with Crippen molar-refractivity contribution in [1.82, 2.24) is 4.90 Å². The van der Waals surface area contributed by atoms with Crippen LogP contribution in [-0.2, 0) is 10.5 Å².